The van der Waals surface area contributed by atoms with Crippen molar-refractivity contribution in [2.45, 2.75) is 12.6 Å². The lowest BCUT2D eigenvalue weighted by atomic mass is 10.3. The molecule has 24 heavy (non-hydrogen) atoms. The van der Waals surface area contributed by atoms with Crippen LogP contribution in [0.25, 0.3) is 11.2 Å². The lowest BCUT2D eigenvalue weighted by Crippen LogP contribution is -2.30. The van der Waals surface area contributed by atoms with Crippen LogP contribution in [0, 0.1) is 0 Å². The molecule has 1 atom stereocenters. The van der Waals surface area contributed by atoms with Crippen LogP contribution in [-0.4, -0.2) is 42.0 Å². The van der Waals surface area contributed by atoms with Gasteiger partial charge >= 0.3 is 5.69 Å². The van der Waals surface area contributed by atoms with Crippen molar-refractivity contribution in [2.75, 3.05) is 11.9 Å². The lowest BCUT2D eigenvalue weighted by molar-refractivity contribution is 0.0825. The number of aryl methyl sites for hydroxylation is 1. The molecule has 126 valence electrons. The zero-order valence-corrected chi connectivity index (χ0v) is 12.9. The maximum atomic E-state index is 12.2. The summed E-state index contributed by atoms with van der Waals surface area (Å²) in [6.07, 6.45) is -1.07. The van der Waals surface area contributed by atoms with Gasteiger partial charge in [0.2, 0.25) is 5.95 Å². The van der Waals surface area contributed by atoms with Gasteiger partial charge in [-0.25, -0.2) is 4.79 Å². The van der Waals surface area contributed by atoms with E-state index in [0.717, 1.165) is 5.69 Å². The average molecular weight is 331 g/mol. The van der Waals surface area contributed by atoms with Gasteiger partial charge in [0.1, 0.15) is 0 Å². The summed E-state index contributed by atoms with van der Waals surface area (Å²) < 4.78 is 2.66. The third-order valence-corrected chi connectivity index (χ3v) is 3.64. The number of nitrogens with one attached hydrogen (secondary N) is 2. The Morgan fingerprint density at radius 3 is 2.67 bits per heavy atom. The van der Waals surface area contributed by atoms with E-state index >= 15 is 0 Å². The highest BCUT2D eigenvalue weighted by molar-refractivity contribution is 5.75. The number of para-hydroxylation sites is 1. The first-order valence-corrected chi connectivity index (χ1v) is 7.31. The van der Waals surface area contributed by atoms with Crippen LogP contribution in [0.3, 0.4) is 0 Å². The molecule has 9 nitrogen and oxygen atoms in total. The Bertz CT molecular complexity index is 973. The highest BCUT2D eigenvalue weighted by atomic mass is 16.3. The molecule has 4 N–H and O–H groups in total. The average Bonchev–Trinajstić information content (AvgIpc) is 2.92. The number of nitrogens with zero attached hydrogens (tertiary/aromatic N) is 3. The van der Waals surface area contributed by atoms with Crippen molar-refractivity contribution in [1.29, 1.82) is 0 Å². The Morgan fingerprint density at radius 1 is 1.29 bits per heavy atom. The highest BCUT2D eigenvalue weighted by Gasteiger charge is 2.19. The standard InChI is InChI=1S/C15H17N5O4/c1-19-12-11(13(23)18-15(19)24)20(7-10(22)8-21)14(17-12)16-9-5-3-2-4-6-9/h2-6,10,21-22H,7-8H2,1H3,(H,16,17)(H,18,23,24)/t10-/m1/s1. The van der Waals surface area contributed by atoms with Crippen molar-refractivity contribution in [3.63, 3.8) is 0 Å². The molecule has 0 aliphatic rings. The number of imidazole rings is 1. The second-order valence-electron chi connectivity index (χ2n) is 5.36. The van der Waals surface area contributed by atoms with Crippen LogP contribution >= 0.6 is 0 Å². The molecule has 2 heterocycles. The number of aliphatic hydroxyl groups excluding tert-OH is 2. The molecular formula is C15H17N5O4. The quantitative estimate of drug-likeness (QED) is 0.500. The number of fused-ring (bicyclic) bond motifs is 1. The largest absolute Gasteiger partial charge is 0.394 e. The van der Waals surface area contributed by atoms with Gasteiger partial charge in [0, 0.05) is 12.7 Å². The second kappa shape index (κ2) is 6.30. The van der Waals surface area contributed by atoms with Crippen LogP contribution < -0.4 is 16.6 Å². The van der Waals surface area contributed by atoms with Crippen LogP contribution in [-0.2, 0) is 13.6 Å². The number of H-pyrrole nitrogens is 1. The van der Waals surface area contributed by atoms with Crippen LogP contribution in [0.2, 0.25) is 0 Å². The summed E-state index contributed by atoms with van der Waals surface area (Å²) in [5.41, 5.74) is -0.123. The summed E-state index contributed by atoms with van der Waals surface area (Å²) in [6.45, 7) is -0.516. The molecular weight excluding hydrogens is 314 g/mol. The number of hydrogen-bond donors (Lipinski definition) is 4. The van der Waals surface area contributed by atoms with Gasteiger partial charge in [0.25, 0.3) is 5.56 Å². The van der Waals surface area contributed by atoms with E-state index in [-0.39, 0.29) is 23.7 Å². The van der Waals surface area contributed by atoms with Crippen molar-refractivity contribution in [3.8, 4) is 0 Å². The van der Waals surface area contributed by atoms with Gasteiger partial charge in [-0.2, -0.15) is 4.98 Å². The molecule has 2 aromatic heterocycles. The summed E-state index contributed by atoms with van der Waals surface area (Å²) in [5, 5.41) is 22.0. The number of aliphatic hydroxyl groups is 2. The summed E-state index contributed by atoms with van der Waals surface area (Å²) in [7, 11) is 1.49. The smallest absolute Gasteiger partial charge is 0.329 e. The predicted octanol–water partition coefficient (Wildman–Crippen LogP) is -0.480. The van der Waals surface area contributed by atoms with Gasteiger partial charge in [-0.3, -0.25) is 14.3 Å². The fourth-order valence-electron chi connectivity index (χ4n) is 2.43. The Hall–Kier alpha value is -2.91. The molecule has 0 unspecified atom stereocenters. The van der Waals surface area contributed by atoms with Crippen LogP contribution in [0.15, 0.2) is 39.9 Å². The molecule has 0 radical (unpaired) electrons. The number of anilines is 2. The summed E-state index contributed by atoms with van der Waals surface area (Å²) in [4.78, 5) is 30.5. The zero-order valence-electron chi connectivity index (χ0n) is 12.9. The van der Waals surface area contributed by atoms with E-state index in [0.29, 0.717) is 0 Å². The van der Waals surface area contributed by atoms with Crippen molar-refractivity contribution < 1.29 is 10.2 Å². The minimum absolute atomic E-state index is 0.0521. The molecule has 0 saturated carbocycles. The van der Waals surface area contributed by atoms with E-state index in [1.165, 1.54) is 16.2 Å². The fraction of sp³-hybridized carbons (Fsp3) is 0.267. The maximum Gasteiger partial charge on any atom is 0.329 e. The molecule has 0 spiro atoms. The molecule has 0 fully saturated rings. The first-order chi connectivity index (χ1) is 11.5. The maximum absolute atomic E-state index is 12.2. The summed E-state index contributed by atoms with van der Waals surface area (Å²) in [6, 6.07) is 9.16. The van der Waals surface area contributed by atoms with Crippen LogP contribution in [0.4, 0.5) is 11.6 Å². The first kappa shape index (κ1) is 16.0. The molecule has 0 aliphatic heterocycles. The van der Waals surface area contributed by atoms with Gasteiger partial charge < -0.3 is 20.1 Å². The van der Waals surface area contributed by atoms with E-state index in [1.807, 2.05) is 30.3 Å². The van der Waals surface area contributed by atoms with Crippen molar-refractivity contribution in [2.24, 2.45) is 7.05 Å². The molecule has 0 bridgehead atoms. The van der Waals surface area contributed by atoms with Crippen LogP contribution in [0.1, 0.15) is 0 Å². The van der Waals surface area contributed by atoms with E-state index in [4.69, 9.17) is 5.11 Å². The lowest BCUT2D eigenvalue weighted by Gasteiger charge is -2.13. The minimum Gasteiger partial charge on any atom is -0.394 e. The van der Waals surface area contributed by atoms with Crippen molar-refractivity contribution in [1.82, 2.24) is 19.1 Å². The number of benzene rings is 1. The van der Waals surface area contributed by atoms with Crippen LogP contribution in [0.5, 0.6) is 0 Å². The number of aromatic nitrogens is 4. The van der Waals surface area contributed by atoms with E-state index in [1.54, 1.807) is 0 Å². The molecule has 0 amide bonds. The molecule has 0 aliphatic carbocycles. The SMILES string of the molecule is Cn1c(=O)[nH]c(=O)c2c1nc(Nc1ccccc1)n2C[C@@H](O)CO. The van der Waals surface area contributed by atoms with E-state index < -0.39 is 24.0 Å². The fourth-order valence-corrected chi connectivity index (χ4v) is 2.43. The summed E-state index contributed by atoms with van der Waals surface area (Å²) >= 11 is 0. The molecule has 3 aromatic rings. The topological polar surface area (TPSA) is 125 Å². The molecule has 0 saturated heterocycles. The number of rotatable bonds is 5. The highest BCUT2D eigenvalue weighted by Crippen LogP contribution is 2.20. The normalized spacial score (nSPS) is 12.5. The van der Waals surface area contributed by atoms with E-state index in [9.17, 15) is 14.7 Å². The third kappa shape index (κ3) is 2.82. The predicted molar refractivity (Wildman–Crippen MR) is 88.4 cm³/mol. The summed E-state index contributed by atoms with van der Waals surface area (Å²) in [5.74, 6) is 0.287. The Kier molecular flexibility index (Phi) is 4.19. The Labute approximate surface area is 135 Å². The van der Waals surface area contributed by atoms with Crippen molar-refractivity contribution in [3.05, 3.63) is 51.2 Å². The monoisotopic (exact) mass is 331 g/mol. The Balaban J connectivity index is 2.21. The van der Waals surface area contributed by atoms with E-state index in [2.05, 4.69) is 15.3 Å². The van der Waals surface area contributed by atoms with Gasteiger partial charge in [-0.15, -0.1) is 0 Å². The molecule has 9 heteroatoms. The zero-order chi connectivity index (χ0) is 17.3. The third-order valence-electron chi connectivity index (χ3n) is 3.64. The number of hydrogen-bond acceptors (Lipinski definition) is 6. The van der Waals surface area contributed by atoms with Gasteiger partial charge in [0.15, 0.2) is 11.2 Å². The van der Waals surface area contributed by atoms with Gasteiger partial charge in [0.05, 0.1) is 19.3 Å². The minimum atomic E-state index is -1.07. The van der Waals surface area contributed by atoms with Gasteiger partial charge in [-0.05, 0) is 12.1 Å². The first-order valence-electron chi connectivity index (χ1n) is 7.31. The van der Waals surface area contributed by atoms with Crippen molar-refractivity contribution >= 4 is 22.8 Å². The number of aromatic amines is 1. The molecule has 1 aromatic carbocycles. The second-order valence-corrected chi connectivity index (χ2v) is 5.36. The van der Waals surface area contributed by atoms with Gasteiger partial charge in [-0.1, -0.05) is 18.2 Å². The Morgan fingerprint density at radius 2 is 2.00 bits per heavy atom. The molecule has 3 rings (SSSR count).